The number of anilines is 1. The third-order valence-electron chi connectivity index (χ3n) is 2.97. The maximum absolute atomic E-state index is 4.48. The lowest BCUT2D eigenvalue weighted by atomic mass is 10.2. The van der Waals surface area contributed by atoms with Gasteiger partial charge in [0, 0.05) is 19.0 Å². The van der Waals surface area contributed by atoms with Crippen LogP contribution in [0.25, 0.3) is 5.78 Å². The molecule has 17 heavy (non-hydrogen) atoms. The van der Waals surface area contributed by atoms with E-state index in [4.69, 9.17) is 0 Å². The molecule has 0 aliphatic carbocycles. The van der Waals surface area contributed by atoms with Crippen LogP contribution in [0.4, 0.5) is 5.95 Å². The van der Waals surface area contributed by atoms with Crippen LogP contribution in [-0.4, -0.2) is 43.1 Å². The van der Waals surface area contributed by atoms with E-state index in [9.17, 15) is 0 Å². The molecule has 1 aliphatic heterocycles. The van der Waals surface area contributed by atoms with Crippen molar-refractivity contribution in [1.29, 1.82) is 0 Å². The Morgan fingerprint density at radius 3 is 2.41 bits per heavy atom. The van der Waals surface area contributed by atoms with Gasteiger partial charge in [0.1, 0.15) is 0 Å². The fourth-order valence-corrected chi connectivity index (χ4v) is 2.04. The smallest absolute Gasteiger partial charge is 0.290 e. The predicted octanol–water partition coefficient (Wildman–Crippen LogP) is 0.638. The van der Waals surface area contributed by atoms with Crippen molar-refractivity contribution in [2.75, 3.05) is 18.0 Å². The zero-order valence-corrected chi connectivity index (χ0v) is 10.0. The van der Waals surface area contributed by atoms with Crippen molar-refractivity contribution in [1.82, 2.24) is 30.0 Å². The first-order chi connectivity index (χ1) is 8.25. The summed E-state index contributed by atoms with van der Waals surface area (Å²) in [6.07, 6.45) is 2.39. The number of aromatic nitrogens is 6. The first-order valence-corrected chi connectivity index (χ1v) is 5.96. The highest BCUT2D eigenvalue weighted by Gasteiger charge is 2.18. The van der Waals surface area contributed by atoms with Crippen molar-refractivity contribution in [3.05, 3.63) is 5.82 Å². The third-order valence-corrected chi connectivity index (χ3v) is 2.97. The third kappa shape index (κ3) is 1.71. The van der Waals surface area contributed by atoms with E-state index in [1.54, 1.807) is 4.52 Å². The average Bonchev–Trinajstić information content (AvgIpc) is 2.97. The highest BCUT2D eigenvalue weighted by Crippen LogP contribution is 2.16. The first kappa shape index (κ1) is 10.4. The van der Waals surface area contributed by atoms with Gasteiger partial charge in [0.05, 0.1) is 0 Å². The van der Waals surface area contributed by atoms with Crippen LogP contribution >= 0.6 is 0 Å². The van der Waals surface area contributed by atoms with E-state index in [1.807, 2.05) is 0 Å². The SMILES string of the molecule is CC(C)c1nnc2nnc(N3CCCC3)nn12. The van der Waals surface area contributed by atoms with Gasteiger partial charge in [-0.15, -0.1) is 25.5 Å². The minimum Gasteiger partial charge on any atom is -0.338 e. The Balaban J connectivity index is 2.06. The summed E-state index contributed by atoms with van der Waals surface area (Å²) >= 11 is 0. The summed E-state index contributed by atoms with van der Waals surface area (Å²) in [6, 6.07) is 0. The van der Waals surface area contributed by atoms with Gasteiger partial charge in [0.15, 0.2) is 5.82 Å². The largest absolute Gasteiger partial charge is 0.338 e. The molecule has 3 heterocycles. The van der Waals surface area contributed by atoms with Gasteiger partial charge in [-0.2, -0.15) is 4.52 Å². The summed E-state index contributed by atoms with van der Waals surface area (Å²) in [6.45, 7) is 6.14. The first-order valence-electron chi connectivity index (χ1n) is 5.96. The molecule has 0 radical (unpaired) electrons. The molecule has 7 nitrogen and oxygen atoms in total. The molecule has 90 valence electrons. The molecule has 0 N–H and O–H groups in total. The fraction of sp³-hybridized carbons (Fsp3) is 0.700. The molecular weight excluding hydrogens is 218 g/mol. The van der Waals surface area contributed by atoms with Gasteiger partial charge >= 0.3 is 0 Å². The quantitative estimate of drug-likeness (QED) is 0.758. The molecule has 0 spiro atoms. The topological polar surface area (TPSA) is 72.1 Å². The Labute approximate surface area is 98.9 Å². The van der Waals surface area contributed by atoms with Crippen molar-refractivity contribution < 1.29 is 0 Å². The van der Waals surface area contributed by atoms with Crippen molar-refractivity contribution in [3.63, 3.8) is 0 Å². The number of rotatable bonds is 2. The maximum atomic E-state index is 4.48. The lowest BCUT2D eigenvalue weighted by Crippen LogP contribution is -2.22. The van der Waals surface area contributed by atoms with Gasteiger partial charge in [0.2, 0.25) is 0 Å². The molecule has 1 saturated heterocycles. The normalized spacial score (nSPS) is 16.3. The minimum atomic E-state index is 0.271. The monoisotopic (exact) mass is 233 g/mol. The second kappa shape index (κ2) is 3.90. The van der Waals surface area contributed by atoms with E-state index >= 15 is 0 Å². The van der Waals surface area contributed by atoms with E-state index in [2.05, 4.69) is 44.2 Å². The van der Waals surface area contributed by atoms with Crippen molar-refractivity contribution in [3.8, 4) is 0 Å². The van der Waals surface area contributed by atoms with E-state index in [0.717, 1.165) is 18.9 Å². The average molecular weight is 233 g/mol. The molecule has 0 saturated carbocycles. The van der Waals surface area contributed by atoms with Crippen LogP contribution in [0, 0.1) is 0 Å². The van der Waals surface area contributed by atoms with Crippen LogP contribution < -0.4 is 4.90 Å². The zero-order chi connectivity index (χ0) is 11.8. The summed E-state index contributed by atoms with van der Waals surface area (Å²) in [5.74, 6) is 2.25. The minimum absolute atomic E-state index is 0.271. The maximum Gasteiger partial charge on any atom is 0.290 e. The molecule has 7 heteroatoms. The molecule has 2 aromatic rings. The van der Waals surface area contributed by atoms with Crippen LogP contribution in [0.2, 0.25) is 0 Å². The Bertz CT molecular complexity index is 526. The number of hydrogen-bond acceptors (Lipinski definition) is 6. The van der Waals surface area contributed by atoms with E-state index in [1.165, 1.54) is 12.8 Å². The van der Waals surface area contributed by atoms with Crippen LogP contribution in [0.15, 0.2) is 0 Å². The molecule has 1 aliphatic rings. The van der Waals surface area contributed by atoms with E-state index in [-0.39, 0.29) is 5.92 Å². The molecule has 0 bridgehead atoms. The second-order valence-electron chi connectivity index (χ2n) is 4.62. The molecule has 0 amide bonds. The molecule has 0 aromatic carbocycles. The van der Waals surface area contributed by atoms with Gasteiger partial charge in [-0.05, 0) is 12.8 Å². The van der Waals surface area contributed by atoms with E-state index in [0.29, 0.717) is 11.7 Å². The van der Waals surface area contributed by atoms with Crippen molar-refractivity contribution >= 4 is 11.7 Å². The van der Waals surface area contributed by atoms with E-state index < -0.39 is 0 Å². The van der Waals surface area contributed by atoms with Gasteiger partial charge < -0.3 is 4.90 Å². The van der Waals surface area contributed by atoms with Crippen LogP contribution in [0.3, 0.4) is 0 Å². The fourth-order valence-electron chi connectivity index (χ4n) is 2.04. The summed E-state index contributed by atoms with van der Waals surface area (Å²) in [7, 11) is 0. The molecule has 3 rings (SSSR count). The highest BCUT2D eigenvalue weighted by molar-refractivity contribution is 5.32. The summed E-state index contributed by atoms with van der Waals surface area (Å²) in [5, 5.41) is 20.7. The van der Waals surface area contributed by atoms with Gasteiger partial charge in [-0.25, -0.2) is 0 Å². The Kier molecular flexibility index (Phi) is 2.38. The molecule has 2 aromatic heterocycles. The Morgan fingerprint density at radius 2 is 1.71 bits per heavy atom. The van der Waals surface area contributed by atoms with Crippen LogP contribution in [-0.2, 0) is 0 Å². The van der Waals surface area contributed by atoms with Crippen molar-refractivity contribution in [2.45, 2.75) is 32.6 Å². The molecule has 1 fully saturated rings. The number of fused-ring (bicyclic) bond motifs is 1. The Morgan fingerprint density at radius 1 is 1.00 bits per heavy atom. The van der Waals surface area contributed by atoms with Crippen molar-refractivity contribution in [2.24, 2.45) is 0 Å². The second-order valence-corrected chi connectivity index (χ2v) is 4.62. The van der Waals surface area contributed by atoms with Gasteiger partial charge in [-0.1, -0.05) is 13.8 Å². The zero-order valence-electron chi connectivity index (χ0n) is 10.0. The predicted molar refractivity (Wildman–Crippen MR) is 61.9 cm³/mol. The standard InChI is InChI=1S/C10H15N7/c1-7(2)8-11-12-9-13-14-10(15-17(8)9)16-5-3-4-6-16/h7H,3-6H2,1-2H3. The van der Waals surface area contributed by atoms with Crippen LogP contribution in [0.1, 0.15) is 38.4 Å². The summed E-state index contributed by atoms with van der Waals surface area (Å²) < 4.78 is 1.70. The molecule has 0 unspecified atom stereocenters. The molecule has 0 atom stereocenters. The number of hydrogen-bond donors (Lipinski definition) is 0. The lowest BCUT2D eigenvalue weighted by Gasteiger charge is -2.13. The highest BCUT2D eigenvalue weighted by atomic mass is 15.5. The molecular formula is C10H15N7. The summed E-state index contributed by atoms with van der Waals surface area (Å²) in [5.41, 5.74) is 0. The Hall–Kier alpha value is -1.79. The van der Waals surface area contributed by atoms with Gasteiger partial charge in [-0.3, -0.25) is 0 Å². The lowest BCUT2D eigenvalue weighted by molar-refractivity contribution is 0.694. The summed E-state index contributed by atoms with van der Waals surface area (Å²) in [4.78, 5) is 2.15. The van der Waals surface area contributed by atoms with Crippen LogP contribution in [0.5, 0.6) is 0 Å². The number of nitrogens with zero attached hydrogens (tertiary/aromatic N) is 7. The van der Waals surface area contributed by atoms with Gasteiger partial charge in [0.25, 0.3) is 11.7 Å².